The molecule has 0 aliphatic carbocycles. The molecule has 6 rings (SSSR count). The summed E-state index contributed by atoms with van der Waals surface area (Å²) in [5, 5.41) is 0. The number of carbonyl (C=O) groups excluding carboxylic acids is 1. The van der Waals surface area contributed by atoms with Crippen LogP contribution in [0.1, 0.15) is 29.7 Å². The molecule has 5 heterocycles. The largest absolute Gasteiger partial charge is 0.484 e. The molecule has 2 N–H and O–H groups in total. The lowest BCUT2D eigenvalue weighted by Gasteiger charge is -2.26. The van der Waals surface area contributed by atoms with Gasteiger partial charge in [0.1, 0.15) is 11.6 Å². The number of ether oxygens (including phenoxy) is 1. The van der Waals surface area contributed by atoms with E-state index in [0.29, 0.717) is 29.6 Å². The van der Waals surface area contributed by atoms with Crippen LogP contribution in [0.4, 0.5) is 11.5 Å². The lowest BCUT2D eigenvalue weighted by atomic mass is 10.1. The van der Waals surface area contributed by atoms with Gasteiger partial charge in [-0.1, -0.05) is 6.07 Å². The van der Waals surface area contributed by atoms with E-state index in [2.05, 4.69) is 14.9 Å². The molecule has 35 heavy (non-hydrogen) atoms. The number of pyridine rings is 1. The van der Waals surface area contributed by atoms with Crippen LogP contribution in [0.5, 0.6) is 5.75 Å². The van der Waals surface area contributed by atoms with E-state index in [4.69, 9.17) is 9.72 Å². The molecule has 3 aliphatic heterocycles. The normalized spacial score (nSPS) is 18.9. The Balaban J connectivity index is 1.33. The van der Waals surface area contributed by atoms with Crippen LogP contribution in [0.3, 0.4) is 0 Å². The highest BCUT2D eigenvalue weighted by Crippen LogP contribution is 2.55. The van der Waals surface area contributed by atoms with E-state index >= 15 is 0 Å². The molecule has 1 fully saturated rings. The first kappa shape index (κ1) is 22.3. The summed E-state index contributed by atoms with van der Waals surface area (Å²) in [5.74, 6) is 2.17. The van der Waals surface area contributed by atoms with Crippen molar-refractivity contribution in [2.75, 3.05) is 31.1 Å². The van der Waals surface area contributed by atoms with Crippen LogP contribution in [0, 0.1) is 0 Å². The number of hydrogen-bond acceptors (Lipinski definition) is 8. The van der Waals surface area contributed by atoms with E-state index in [-0.39, 0.29) is 24.0 Å². The summed E-state index contributed by atoms with van der Waals surface area (Å²) in [6.07, 6.45) is 6.32. The highest BCUT2D eigenvalue weighted by Gasteiger charge is 2.34. The molecule has 9 nitrogen and oxygen atoms in total. The summed E-state index contributed by atoms with van der Waals surface area (Å²) in [4.78, 5) is 30.0. The Labute approximate surface area is 205 Å². The van der Waals surface area contributed by atoms with Gasteiger partial charge < -0.3 is 14.5 Å². The predicted molar refractivity (Wildman–Crippen MR) is 134 cm³/mol. The first-order valence-corrected chi connectivity index (χ1v) is 13.7. The van der Waals surface area contributed by atoms with Gasteiger partial charge in [0.05, 0.1) is 17.2 Å². The minimum atomic E-state index is -2.78. The van der Waals surface area contributed by atoms with Gasteiger partial charge in [0.15, 0.2) is 12.4 Å². The summed E-state index contributed by atoms with van der Waals surface area (Å²) >= 11 is 0. The molecule has 0 atom stereocenters. The lowest BCUT2D eigenvalue weighted by Crippen LogP contribution is -2.32. The van der Waals surface area contributed by atoms with E-state index < -0.39 is 10.6 Å². The number of nitrogens with zero attached hydrogens (tertiary/aromatic N) is 5. The topological polar surface area (TPSA) is 112 Å². The second kappa shape index (κ2) is 8.78. The number of carbonyl (C=O) groups is 1. The van der Waals surface area contributed by atoms with Crippen molar-refractivity contribution in [2.24, 2.45) is 0 Å². The Morgan fingerprint density at radius 3 is 2.63 bits per heavy atom. The van der Waals surface area contributed by atoms with Gasteiger partial charge in [-0.25, -0.2) is 9.97 Å². The molecule has 0 saturated carbocycles. The predicted octanol–water partition coefficient (Wildman–Crippen LogP) is 4.00. The Hall–Kier alpha value is -3.21. The standard InChI is InChI=1S/C25H27N5O4S/c31-23(29-10-1-2-11-29)14-34-19-4-3-17-7-12-30(22(17)13-19)25-20-15-35(32,33)16-21(20)27-24(28-25)18-5-8-26-9-6-18/h3-6,8-9,13,32-33H,1-2,7,10-12,14-16H2. The van der Waals surface area contributed by atoms with E-state index in [0.717, 1.165) is 54.7 Å². The van der Waals surface area contributed by atoms with Gasteiger partial charge in [0.25, 0.3) is 5.91 Å². The van der Waals surface area contributed by atoms with Crippen LogP contribution in [0.2, 0.25) is 0 Å². The van der Waals surface area contributed by atoms with Crippen molar-refractivity contribution < 1.29 is 18.6 Å². The number of amides is 1. The summed E-state index contributed by atoms with van der Waals surface area (Å²) in [7, 11) is -2.78. The Morgan fingerprint density at radius 1 is 1.03 bits per heavy atom. The molecule has 3 aromatic rings. The zero-order valence-electron chi connectivity index (χ0n) is 19.3. The number of aromatic nitrogens is 3. The van der Waals surface area contributed by atoms with Gasteiger partial charge in [-0.3, -0.25) is 18.9 Å². The number of anilines is 2. The molecule has 0 unspecified atom stereocenters. The fraction of sp³-hybridized carbons (Fsp3) is 0.360. The van der Waals surface area contributed by atoms with Gasteiger partial charge in [-0.2, -0.15) is 10.6 Å². The number of likely N-dealkylation sites (tertiary alicyclic amines) is 1. The molecular formula is C25H27N5O4S. The number of fused-ring (bicyclic) bond motifs is 2. The van der Waals surface area contributed by atoms with Gasteiger partial charge in [0, 0.05) is 54.9 Å². The molecule has 1 aromatic carbocycles. The van der Waals surface area contributed by atoms with Gasteiger partial charge in [-0.05, 0) is 43.0 Å². The third-order valence-corrected chi connectivity index (χ3v) is 8.27. The highest BCUT2D eigenvalue weighted by molar-refractivity contribution is 8.23. The molecule has 1 saturated heterocycles. The molecule has 2 aromatic heterocycles. The fourth-order valence-electron chi connectivity index (χ4n) is 5.01. The monoisotopic (exact) mass is 493 g/mol. The number of hydrogen-bond donors (Lipinski definition) is 2. The van der Waals surface area contributed by atoms with Gasteiger partial charge in [-0.15, -0.1) is 0 Å². The average Bonchev–Trinajstić information content (AvgIpc) is 3.60. The van der Waals surface area contributed by atoms with E-state index in [1.807, 2.05) is 35.2 Å². The smallest absolute Gasteiger partial charge is 0.260 e. The van der Waals surface area contributed by atoms with Crippen LogP contribution >= 0.6 is 10.6 Å². The maximum atomic E-state index is 12.4. The number of benzene rings is 1. The quantitative estimate of drug-likeness (QED) is 0.549. The summed E-state index contributed by atoms with van der Waals surface area (Å²) in [6, 6.07) is 9.58. The van der Waals surface area contributed by atoms with Crippen molar-refractivity contribution in [1.82, 2.24) is 19.9 Å². The maximum absolute atomic E-state index is 12.4. The first-order chi connectivity index (χ1) is 17.0. The van der Waals surface area contributed by atoms with Crippen molar-refractivity contribution in [3.05, 3.63) is 59.5 Å². The highest BCUT2D eigenvalue weighted by atomic mass is 32.3. The third-order valence-electron chi connectivity index (χ3n) is 6.78. The third kappa shape index (κ3) is 4.33. The molecular weight excluding hydrogens is 466 g/mol. The second-order valence-corrected chi connectivity index (χ2v) is 11.4. The molecule has 10 heteroatoms. The van der Waals surface area contributed by atoms with Crippen molar-refractivity contribution >= 4 is 28.0 Å². The Bertz CT molecular complexity index is 1280. The average molecular weight is 494 g/mol. The van der Waals surface area contributed by atoms with E-state index in [1.165, 1.54) is 0 Å². The molecule has 3 aliphatic rings. The van der Waals surface area contributed by atoms with Crippen LogP contribution in [-0.2, 0) is 22.7 Å². The minimum Gasteiger partial charge on any atom is -0.484 e. The SMILES string of the molecule is O=C(COc1ccc2c(c1)N(c1nc(-c3ccncc3)nc3c1CS(O)(O)C3)CC2)N1CCCC1. The van der Waals surface area contributed by atoms with E-state index in [9.17, 15) is 13.9 Å². The fourth-order valence-corrected chi connectivity index (χ4v) is 6.55. The lowest BCUT2D eigenvalue weighted by molar-refractivity contribution is -0.132. The molecule has 0 bridgehead atoms. The Morgan fingerprint density at radius 2 is 1.83 bits per heavy atom. The zero-order chi connectivity index (χ0) is 24.0. The van der Waals surface area contributed by atoms with Crippen LogP contribution in [0.25, 0.3) is 11.4 Å². The minimum absolute atomic E-state index is 0.0145. The first-order valence-electron chi connectivity index (χ1n) is 11.8. The second-order valence-electron chi connectivity index (χ2n) is 9.19. The van der Waals surface area contributed by atoms with E-state index in [1.54, 1.807) is 12.4 Å². The summed E-state index contributed by atoms with van der Waals surface area (Å²) in [6.45, 7) is 2.34. The molecule has 0 radical (unpaired) electrons. The van der Waals surface area contributed by atoms with Crippen LogP contribution in [0.15, 0.2) is 42.7 Å². The zero-order valence-corrected chi connectivity index (χ0v) is 20.1. The van der Waals surface area contributed by atoms with Crippen molar-refractivity contribution in [3.63, 3.8) is 0 Å². The molecule has 1 amide bonds. The molecule has 182 valence electrons. The van der Waals surface area contributed by atoms with Crippen LogP contribution < -0.4 is 9.64 Å². The summed E-state index contributed by atoms with van der Waals surface area (Å²) < 4.78 is 26.8. The van der Waals surface area contributed by atoms with Crippen molar-refractivity contribution in [2.45, 2.75) is 30.8 Å². The number of rotatable bonds is 5. The maximum Gasteiger partial charge on any atom is 0.260 e. The van der Waals surface area contributed by atoms with Crippen LogP contribution in [-0.4, -0.2) is 61.1 Å². The van der Waals surface area contributed by atoms with Crippen molar-refractivity contribution in [1.29, 1.82) is 0 Å². The summed E-state index contributed by atoms with van der Waals surface area (Å²) in [5.41, 5.74) is 4.40. The van der Waals surface area contributed by atoms with Gasteiger partial charge in [0.2, 0.25) is 0 Å². The van der Waals surface area contributed by atoms with Gasteiger partial charge >= 0.3 is 0 Å². The Kier molecular flexibility index (Phi) is 5.58. The molecule has 0 spiro atoms. The van der Waals surface area contributed by atoms with Crippen molar-refractivity contribution in [3.8, 4) is 17.1 Å².